The van der Waals surface area contributed by atoms with Crippen LogP contribution in [0.4, 0.5) is 0 Å². The van der Waals surface area contributed by atoms with Crippen LogP contribution in [0, 0.1) is 0 Å². The first kappa shape index (κ1) is 21.0. The van der Waals surface area contributed by atoms with Crippen LogP contribution >= 0.6 is 27.7 Å². The van der Waals surface area contributed by atoms with E-state index in [2.05, 4.69) is 36.7 Å². The van der Waals surface area contributed by atoms with Gasteiger partial charge in [0.15, 0.2) is 11.0 Å². The molecule has 2 aromatic carbocycles. The lowest BCUT2D eigenvalue weighted by Crippen LogP contribution is -2.19. The quantitative estimate of drug-likeness (QED) is 0.297. The number of carbonyl (C=O) groups is 1. The molecule has 1 amide bonds. The van der Waals surface area contributed by atoms with Gasteiger partial charge in [0.25, 0.3) is 5.91 Å². The fourth-order valence-corrected chi connectivity index (χ4v) is 3.72. The average Bonchev–Trinajstić information content (AvgIpc) is 3.16. The molecule has 0 radical (unpaired) electrons. The fourth-order valence-electron chi connectivity index (χ4n) is 2.56. The molecule has 3 rings (SSSR count). The standard InChI is InChI=1S/C21H20BrN5OS/c1-2-27-20(17-11-7-4-8-12-17)25-26-21(27)29-15-19(28)24-23-14-18(22)13-16-9-5-3-6-10-16/h3-14H,2,15H2,1H3,(H,24,28)/b18-13-,23-14+. The highest BCUT2D eigenvalue weighted by molar-refractivity contribution is 9.12. The topological polar surface area (TPSA) is 72.2 Å². The van der Waals surface area contributed by atoms with Gasteiger partial charge >= 0.3 is 0 Å². The van der Waals surface area contributed by atoms with E-state index >= 15 is 0 Å². The zero-order valence-corrected chi connectivity index (χ0v) is 18.2. The molecule has 8 heteroatoms. The summed E-state index contributed by atoms with van der Waals surface area (Å²) in [6, 6.07) is 19.7. The molecule has 0 unspecified atom stereocenters. The zero-order chi connectivity index (χ0) is 20.5. The lowest BCUT2D eigenvalue weighted by molar-refractivity contribution is -0.118. The minimum atomic E-state index is -0.210. The van der Waals surface area contributed by atoms with E-state index in [-0.39, 0.29) is 11.7 Å². The Labute approximate surface area is 182 Å². The van der Waals surface area contributed by atoms with Crippen molar-refractivity contribution in [2.24, 2.45) is 5.10 Å². The van der Waals surface area contributed by atoms with E-state index in [9.17, 15) is 4.79 Å². The summed E-state index contributed by atoms with van der Waals surface area (Å²) in [5.74, 6) is 0.784. The Morgan fingerprint density at radius 3 is 2.52 bits per heavy atom. The van der Waals surface area contributed by atoms with Gasteiger partial charge in [-0.2, -0.15) is 5.10 Å². The van der Waals surface area contributed by atoms with E-state index < -0.39 is 0 Å². The number of allylic oxidation sites excluding steroid dienone is 1. The molecule has 0 aliphatic rings. The van der Waals surface area contributed by atoms with Crippen molar-refractivity contribution >= 4 is 45.9 Å². The lowest BCUT2D eigenvalue weighted by atomic mass is 10.2. The minimum absolute atomic E-state index is 0.199. The normalized spacial score (nSPS) is 11.7. The van der Waals surface area contributed by atoms with Gasteiger partial charge in [0.05, 0.1) is 12.0 Å². The number of thioether (sulfide) groups is 1. The van der Waals surface area contributed by atoms with Crippen LogP contribution < -0.4 is 5.43 Å². The van der Waals surface area contributed by atoms with Gasteiger partial charge in [-0.05, 0) is 34.5 Å². The summed E-state index contributed by atoms with van der Waals surface area (Å²) in [5, 5.41) is 13.2. The highest BCUT2D eigenvalue weighted by Crippen LogP contribution is 2.23. The maximum absolute atomic E-state index is 12.1. The summed E-state index contributed by atoms with van der Waals surface area (Å²) in [7, 11) is 0. The maximum atomic E-state index is 12.1. The van der Waals surface area contributed by atoms with Gasteiger partial charge in [-0.25, -0.2) is 5.43 Å². The third-order valence-electron chi connectivity index (χ3n) is 3.88. The number of hydrogen-bond donors (Lipinski definition) is 1. The molecular formula is C21H20BrN5OS. The van der Waals surface area contributed by atoms with E-state index in [4.69, 9.17) is 0 Å². The van der Waals surface area contributed by atoms with E-state index in [1.165, 1.54) is 11.8 Å². The molecule has 0 aliphatic carbocycles. The molecular weight excluding hydrogens is 450 g/mol. The second-order valence-corrected chi connectivity index (χ2v) is 7.80. The molecule has 148 valence electrons. The van der Waals surface area contributed by atoms with Crippen LogP contribution in [-0.4, -0.2) is 32.6 Å². The van der Waals surface area contributed by atoms with Crippen molar-refractivity contribution in [3.63, 3.8) is 0 Å². The first-order chi connectivity index (χ1) is 14.2. The molecule has 0 spiro atoms. The van der Waals surface area contributed by atoms with Crippen LogP contribution in [0.3, 0.4) is 0 Å². The number of nitrogens with one attached hydrogen (secondary N) is 1. The van der Waals surface area contributed by atoms with Gasteiger partial charge in [-0.15, -0.1) is 10.2 Å². The number of benzene rings is 2. The van der Waals surface area contributed by atoms with E-state index in [0.29, 0.717) is 5.16 Å². The summed E-state index contributed by atoms with van der Waals surface area (Å²) in [4.78, 5) is 12.1. The lowest BCUT2D eigenvalue weighted by Gasteiger charge is -2.06. The molecule has 1 N–H and O–H groups in total. The number of hydrogen-bond acceptors (Lipinski definition) is 5. The van der Waals surface area contributed by atoms with Crippen LogP contribution in [0.25, 0.3) is 17.5 Å². The first-order valence-corrected chi connectivity index (χ1v) is 10.8. The molecule has 6 nitrogen and oxygen atoms in total. The Bertz CT molecular complexity index is 1000. The van der Waals surface area contributed by atoms with Crippen molar-refractivity contribution in [1.82, 2.24) is 20.2 Å². The third-order valence-corrected chi connectivity index (χ3v) is 5.28. The largest absolute Gasteiger partial charge is 0.302 e. The van der Waals surface area contributed by atoms with Crippen LogP contribution in [0.15, 0.2) is 75.4 Å². The van der Waals surface area contributed by atoms with Gasteiger partial charge in [-0.1, -0.05) is 72.4 Å². The number of nitrogens with zero attached hydrogens (tertiary/aromatic N) is 4. The number of amides is 1. The van der Waals surface area contributed by atoms with Crippen molar-refractivity contribution < 1.29 is 4.79 Å². The number of rotatable bonds is 8. The summed E-state index contributed by atoms with van der Waals surface area (Å²) in [5.41, 5.74) is 4.57. The summed E-state index contributed by atoms with van der Waals surface area (Å²) in [6.07, 6.45) is 3.47. The van der Waals surface area contributed by atoms with E-state index in [0.717, 1.165) is 28.0 Å². The molecule has 0 saturated heterocycles. The van der Waals surface area contributed by atoms with Crippen molar-refractivity contribution in [1.29, 1.82) is 0 Å². The summed E-state index contributed by atoms with van der Waals surface area (Å²) >= 11 is 4.75. The summed E-state index contributed by atoms with van der Waals surface area (Å²) in [6.45, 7) is 2.75. The first-order valence-electron chi connectivity index (χ1n) is 9.03. The second-order valence-electron chi connectivity index (χ2n) is 5.94. The smallest absolute Gasteiger partial charge is 0.250 e. The zero-order valence-electron chi connectivity index (χ0n) is 15.8. The van der Waals surface area contributed by atoms with E-state index in [1.807, 2.05) is 78.2 Å². The molecule has 0 fully saturated rings. The number of halogens is 1. The Balaban J connectivity index is 1.54. The van der Waals surface area contributed by atoms with Crippen molar-refractivity contribution in [2.75, 3.05) is 5.75 Å². The van der Waals surface area contributed by atoms with Crippen molar-refractivity contribution in [3.05, 3.63) is 70.7 Å². The van der Waals surface area contributed by atoms with Gasteiger partial charge < -0.3 is 4.57 Å². The Hall–Kier alpha value is -2.71. The van der Waals surface area contributed by atoms with Crippen LogP contribution in [-0.2, 0) is 11.3 Å². The predicted molar refractivity (Wildman–Crippen MR) is 122 cm³/mol. The Kier molecular flexibility index (Phi) is 7.77. The number of aromatic nitrogens is 3. The predicted octanol–water partition coefficient (Wildman–Crippen LogP) is 4.60. The van der Waals surface area contributed by atoms with Crippen molar-refractivity contribution in [2.45, 2.75) is 18.6 Å². The minimum Gasteiger partial charge on any atom is -0.302 e. The maximum Gasteiger partial charge on any atom is 0.250 e. The fraction of sp³-hybridized carbons (Fsp3) is 0.143. The third kappa shape index (κ3) is 6.13. The molecule has 0 aliphatic heterocycles. The highest BCUT2D eigenvalue weighted by atomic mass is 79.9. The van der Waals surface area contributed by atoms with E-state index in [1.54, 1.807) is 6.21 Å². The van der Waals surface area contributed by atoms with Crippen LogP contribution in [0.2, 0.25) is 0 Å². The molecule has 1 aromatic heterocycles. The average molecular weight is 470 g/mol. The van der Waals surface area contributed by atoms with Gasteiger partial charge in [0.2, 0.25) is 0 Å². The molecule has 1 heterocycles. The molecule has 3 aromatic rings. The Morgan fingerprint density at radius 1 is 1.14 bits per heavy atom. The highest BCUT2D eigenvalue weighted by Gasteiger charge is 2.14. The molecule has 0 atom stereocenters. The van der Waals surface area contributed by atoms with Gasteiger partial charge in [-0.3, -0.25) is 4.79 Å². The molecule has 0 bridgehead atoms. The second kappa shape index (κ2) is 10.7. The van der Waals surface area contributed by atoms with Gasteiger partial charge in [0.1, 0.15) is 0 Å². The number of carbonyl (C=O) groups excluding carboxylic acids is 1. The number of hydrazone groups is 1. The molecule has 0 saturated carbocycles. The molecule has 29 heavy (non-hydrogen) atoms. The van der Waals surface area contributed by atoms with Crippen LogP contribution in [0.5, 0.6) is 0 Å². The summed E-state index contributed by atoms with van der Waals surface area (Å²) < 4.78 is 2.75. The SMILES string of the molecule is CCn1c(SCC(=O)N/N=C/C(Br)=C/c2ccccc2)nnc1-c1ccccc1. The monoisotopic (exact) mass is 469 g/mol. The van der Waals surface area contributed by atoms with Gasteiger partial charge in [0, 0.05) is 16.6 Å². The van der Waals surface area contributed by atoms with Crippen LogP contribution in [0.1, 0.15) is 12.5 Å². The Morgan fingerprint density at radius 2 is 1.83 bits per heavy atom. The van der Waals surface area contributed by atoms with Crippen molar-refractivity contribution in [3.8, 4) is 11.4 Å².